The van der Waals surface area contributed by atoms with E-state index in [1.165, 1.54) is 6.07 Å². The first-order valence-electron chi connectivity index (χ1n) is 6.74. The van der Waals surface area contributed by atoms with E-state index in [2.05, 4.69) is 21.7 Å². The molecule has 0 atom stereocenters. The summed E-state index contributed by atoms with van der Waals surface area (Å²) >= 11 is 0. The van der Waals surface area contributed by atoms with Gasteiger partial charge in [-0.1, -0.05) is 24.0 Å². The van der Waals surface area contributed by atoms with Crippen molar-refractivity contribution in [3.63, 3.8) is 0 Å². The summed E-state index contributed by atoms with van der Waals surface area (Å²) in [5.74, 6) is 5.13. The number of benzene rings is 1. The van der Waals surface area contributed by atoms with Crippen LogP contribution >= 0.6 is 0 Å². The third-order valence-corrected chi connectivity index (χ3v) is 2.98. The lowest BCUT2D eigenvalue weighted by atomic mass is 10.1. The molecule has 2 N–H and O–H groups in total. The molecule has 0 spiro atoms. The zero-order valence-corrected chi connectivity index (χ0v) is 12.0. The van der Waals surface area contributed by atoms with Gasteiger partial charge in [-0.05, 0) is 36.4 Å². The van der Waals surface area contributed by atoms with Gasteiger partial charge in [0, 0.05) is 25.5 Å². The summed E-state index contributed by atoms with van der Waals surface area (Å²) in [6.07, 6.45) is 3.60. The van der Waals surface area contributed by atoms with Crippen LogP contribution in [-0.2, 0) is 13.1 Å². The maximum atomic E-state index is 13.6. The lowest BCUT2D eigenvalue weighted by molar-refractivity contribution is 0.318. The van der Waals surface area contributed by atoms with Gasteiger partial charge in [-0.15, -0.1) is 0 Å². The van der Waals surface area contributed by atoms with Gasteiger partial charge >= 0.3 is 0 Å². The molecule has 0 unspecified atom stereocenters. The molecule has 0 saturated carbocycles. The fourth-order valence-electron chi connectivity index (χ4n) is 2.08. The summed E-state index contributed by atoms with van der Waals surface area (Å²) in [5, 5.41) is 0. The molecule has 3 nitrogen and oxygen atoms in total. The van der Waals surface area contributed by atoms with Crippen molar-refractivity contribution in [2.75, 3.05) is 13.6 Å². The SMILES string of the molecule is CN(Cc1cccnc1)Cc1ccc(F)c(C#CCN)c1. The molecule has 2 aromatic rings. The van der Waals surface area contributed by atoms with Crippen LogP contribution in [0.5, 0.6) is 0 Å². The van der Waals surface area contributed by atoms with Crippen LogP contribution in [0.15, 0.2) is 42.7 Å². The highest BCUT2D eigenvalue weighted by Gasteiger charge is 2.05. The lowest BCUT2D eigenvalue weighted by Gasteiger charge is -2.16. The maximum Gasteiger partial charge on any atom is 0.138 e. The summed E-state index contributed by atoms with van der Waals surface area (Å²) in [7, 11) is 2.02. The fraction of sp³-hybridized carbons (Fsp3) is 0.235. The zero-order valence-electron chi connectivity index (χ0n) is 12.0. The highest BCUT2D eigenvalue weighted by atomic mass is 19.1. The Kier molecular flexibility index (Phi) is 5.44. The standard InChI is InChI=1S/C17H18FN3/c1-21(13-15-4-3-9-20-11-15)12-14-6-7-17(18)16(10-14)5-2-8-19/h3-4,6-7,9-11H,8,12-13,19H2,1H3. The average molecular weight is 283 g/mol. The van der Waals surface area contributed by atoms with Gasteiger partial charge < -0.3 is 5.73 Å². The van der Waals surface area contributed by atoms with Gasteiger partial charge in [0.15, 0.2) is 0 Å². The van der Waals surface area contributed by atoms with Crippen molar-refractivity contribution in [1.29, 1.82) is 0 Å². The predicted molar refractivity (Wildman–Crippen MR) is 81.7 cm³/mol. The Bertz CT molecular complexity index is 644. The Balaban J connectivity index is 2.05. The second kappa shape index (κ2) is 7.53. The van der Waals surface area contributed by atoms with E-state index in [1.54, 1.807) is 18.3 Å². The number of nitrogens with zero attached hydrogens (tertiary/aromatic N) is 2. The Hall–Kier alpha value is -2.22. The molecule has 108 valence electrons. The molecule has 0 aliphatic carbocycles. The van der Waals surface area contributed by atoms with Gasteiger partial charge in [-0.3, -0.25) is 9.88 Å². The molecule has 0 aliphatic heterocycles. The first-order valence-corrected chi connectivity index (χ1v) is 6.74. The smallest absolute Gasteiger partial charge is 0.138 e. The maximum absolute atomic E-state index is 13.6. The first kappa shape index (κ1) is 15.2. The third kappa shape index (κ3) is 4.67. The van der Waals surface area contributed by atoms with Gasteiger partial charge in [0.1, 0.15) is 5.82 Å². The van der Waals surface area contributed by atoms with Gasteiger partial charge in [-0.25, -0.2) is 4.39 Å². The second-order valence-electron chi connectivity index (χ2n) is 4.85. The summed E-state index contributed by atoms with van der Waals surface area (Å²) in [4.78, 5) is 6.24. The van der Waals surface area contributed by atoms with E-state index in [0.717, 1.165) is 17.7 Å². The molecular formula is C17H18FN3. The van der Waals surface area contributed by atoms with Crippen LogP contribution in [0.3, 0.4) is 0 Å². The van der Waals surface area contributed by atoms with E-state index in [-0.39, 0.29) is 12.4 Å². The van der Waals surface area contributed by atoms with E-state index >= 15 is 0 Å². The Morgan fingerprint density at radius 2 is 2.05 bits per heavy atom. The van der Waals surface area contributed by atoms with Gasteiger partial charge in [0.2, 0.25) is 0 Å². The highest BCUT2D eigenvalue weighted by molar-refractivity contribution is 5.38. The summed E-state index contributed by atoms with van der Waals surface area (Å²) in [6.45, 7) is 1.73. The average Bonchev–Trinajstić information content (AvgIpc) is 2.48. The van der Waals surface area contributed by atoms with E-state index in [4.69, 9.17) is 5.73 Å². The van der Waals surface area contributed by atoms with Crippen LogP contribution < -0.4 is 5.73 Å². The van der Waals surface area contributed by atoms with E-state index in [9.17, 15) is 4.39 Å². The van der Waals surface area contributed by atoms with E-state index in [1.807, 2.05) is 25.4 Å². The molecule has 21 heavy (non-hydrogen) atoms. The van der Waals surface area contributed by atoms with Crippen LogP contribution in [0.25, 0.3) is 0 Å². The van der Waals surface area contributed by atoms with Crippen molar-refractivity contribution in [1.82, 2.24) is 9.88 Å². The molecule has 2 rings (SSSR count). The van der Waals surface area contributed by atoms with Crippen molar-refractivity contribution in [3.8, 4) is 11.8 Å². The Morgan fingerprint density at radius 1 is 1.24 bits per heavy atom. The minimum absolute atomic E-state index is 0.227. The molecule has 0 saturated heterocycles. The molecule has 1 heterocycles. The summed E-state index contributed by atoms with van der Waals surface area (Å²) < 4.78 is 13.6. The highest BCUT2D eigenvalue weighted by Crippen LogP contribution is 2.12. The molecule has 1 aromatic heterocycles. The van der Waals surface area contributed by atoms with Crippen LogP contribution in [0.4, 0.5) is 4.39 Å². The topological polar surface area (TPSA) is 42.2 Å². The van der Waals surface area contributed by atoms with Crippen LogP contribution in [-0.4, -0.2) is 23.5 Å². The first-order chi connectivity index (χ1) is 10.2. The minimum atomic E-state index is -0.311. The normalized spacial score (nSPS) is 10.3. The van der Waals surface area contributed by atoms with Crippen LogP contribution in [0.1, 0.15) is 16.7 Å². The van der Waals surface area contributed by atoms with Gasteiger partial charge in [0.25, 0.3) is 0 Å². The predicted octanol–water partition coefficient (Wildman–Crippen LogP) is 2.16. The van der Waals surface area contributed by atoms with Crippen molar-refractivity contribution in [2.45, 2.75) is 13.1 Å². The third-order valence-electron chi connectivity index (χ3n) is 2.98. The van der Waals surface area contributed by atoms with E-state index < -0.39 is 0 Å². The van der Waals surface area contributed by atoms with Crippen molar-refractivity contribution >= 4 is 0 Å². The van der Waals surface area contributed by atoms with Crippen molar-refractivity contribution in [2.24, 2.45) is 5.73 Å². The molecule has 0 aliphatic rings. The molecule has 0 fully saturated rings. The van der Waals surface area contributed by atoms with Gasteiger partial charge in [-0.2, -0.15) is 0 Å². The molecule has 0 bridgehead atoms. The lowest BCUT2D eigenvalue weighted by Crippen LogP contribution is -2.17. The molecule has 0 amide bonds. The van der Waals surface area contributed by atoms with Crippen LogP contribution in [0.2, 0.25) is 0 Å². The number of hydrogen-bond acceptors (Lipinski definition) is 3. The Labute approximate surface area is 124 Å². The monoisotopic (exact) mass is 283 g/mol. The number of rotatable bonds is 4. The van der Waals surface area contributed by atoms with Gasteiger partial charge in [0.05, 0.1) is 12.1 Å². The number of pyridine rings is 1. The Morgan fingerprint density at radius 3 is 2.76 bits per heavy atom. The van der Waals surface area contributed by atoms with Crippen LogP contribution in [0, 0.1) is 17.7 Å². The number of nitrogens with two attached hydrogens (primary N) is 1. The summed E-state index contributed by atoms with van der Waals surface area (Å²) in [5.41, 5.74) is 7.88. The molecular weight excluding hydrogens is 265 g/mol. The fourth-order valence-corrected chi connectivity index (χ4v) is 2.08. The number of hydrogen-bond donors (Lipinski definition) is 1. The zero-order chi connectivity index (χ0) is 15.1. The molecule has 1 aromatic carbocycles. The van der Waals surface area contributed by atoms with E-state index in [0.29, 0.717) is 12.1 Å². The quantitative estimate of drug-likeness (QED) is 0.874. The van der Waals surface area contributed by atoms with Crippen molar-refractivity contribution < 1.29 is 4.39 Å². The van der Waals surface area contributed by atoms with Crippen molar-refractivity contribution in [3.05, 3.63) is 65.2 Å². The largest absolute Gasteiger partial charge is 0.320 e. The summed E-state index contributed by atoms with van der Waals surface area (Å²) in [6, 6.07) is 8.96. The minimum Gasteiger partial charge on any atom is -0.320 e. The molecule has 0 radical (unpaired) electrons. The second-order valence-corrected chi connectivity index (χ2v) is 4.85. The molecule has 4 heteroatoms. The number of aromatic nitrogens is 1. The number of halogens is 1.